The molecule has 1 aliphatic heterocycles. The van der Waals surface area contributed by atoms with Gasteiger partial charge in [-0.3, -0.25) is 9.69 Å². The summed E-state index contributed by atoms with van der Waals surface area (Å²) in [5.74, 6) is 1.32. The number of nitrogens with one attached hydrogen (secondary N) is 1. The fraction of sp³-hybridized carbons (Fsp3) is 0.591. The zero-order valence-corrected chi connectivity index (χ0v) is 16.4. The first-order valence-corrected chi connectivity index (χ1v) is 10.1. The highest BCUT2D eigenvalue weighted by molar-refractivity contribution is 5.82. The second-order valence-electron chi connectivity index (χ2n) is 8.50. The smallest absolute Gasteiger partial charge is 0.223 e. The predicted octanol–water partition coefficient (Wildman–Crippen LogP) is 3.29. The van der Waals surface area contributed by atoms with Crippen molar-refractivity contribution in [2.75, 3.05) is 19.6 Å². The van der Waals surface area contributed by atoms with Crippen LogP contribution in [0.15, 0.2) is 22.6 Å². The lowest BCUT2D eigenvalue weighted by atomic mass is 9.95. The number of carbonyl (C=O) groups excluding carboxylic acids is 1. The number of amides is 1. The standard InChI is InChI=1S/C22H30N2O3/c1-15-4-7-19-18(12-15)16(2)20(27-19)13-24-10-3-8-22(26,9-11-24)14-23-21(25)17-5-6-17/h4,7,12,17,26H,3,5-6,8-11,13-14H2,1-2H3,(H,23,25). The van der Waals surface area contributed by atoms with E-state index in [1.165, 1.54) is 16.5 Å². The van der Waals surface area contributed by atoms with Crippen LogP contribution in [-0.4, -0.2) is 41.1 Å². The molecule has 1 unspecified atom stereocenters. The van der Waals surface area contributed by atoms with Gasteiger partial charge in [-0.2, -0.15) is 0 Å². The van der Waals surface area contributed by atoms with Gasteiger partial charge in [0.05, 0.1) is 12.1 Å². The maximum Gasteiger partial charge on any atom is 0.223 e. The van der Waals surface area contributed by atoms with Crippen LogP contribution in [-0.2, 0) is 11.3 Å². The van der Waals surface area contributed by atoms with Gasteiger partial charge in [0.25, 0.3) is 0 Å². The molecule has 1 aliphatic carbocycles. The van der Waals surface area contributed by atoms with Gasteiger partial charge < -0.3 is 14.8 Å². The lowest BCUT2D eigenvalue weighted by molar-refractivity contribution is -0.123. The molecular formula is C22H30N2O3. The van der Waals surface area contributed by atoms with Crippen LogP contribution in [0.5, 0.6) is 0 Å². The molecule has 1 saturated carbocycles. The third kappa shape index (κ3) is 4.19. The Labute approximate surface area is 160 Å². The van der Waals surface area contributed by atoms with E-state index in [-0.39, 0.29) is 11.8 Å². The van der Waals surface area contributed by atoms with Crippen molar-refractivity contribution in [1.29, 1.82) is 0 Å². The van der Waals surface area contributed by atoms with Gasteiger partial charge >= 0.3 is 0 Å². The molecular weight excluding hydrogens is 340 g/mol. The van der Waals surface area contributed by atoms with E-state index in [1.807, 2.05) is 6.07 Å². The van der Waals surface area contributed by atoms with E-state index in [9.17, 15) is 9.90 Å². The Morgan fingerprint density at radius 2 is 2.11 bits per heavy atom. The van der Waals surface area contributed by atoms with Crippen molar-refractivity contribution in [3.63, 3.8) is 0 Å². The van der Waals surface area contributed by atoms with Crippen molar-refractivity contribution < 1.29 is 14.3 Å². The van der Waals surface area contributed by atoms with Gasteiger partial charge in [0.2, 0.25) is 5.91 Å². The van der Waals surface area contributed by atoms with Crippen LogP contribution in [0.4, 0.5) is 0 Å². The second kappa shape index (κ2) is 7.28. The molecule has 2 heterocycles. The number of carbonyl (C=O) groups is 1. The summed E-state index contributed by atoms with van der Waals surface area (Å²) in [6.07, 6.45) is 4.32. The first kappa shape index (κ1) is 18.5. The fourth-order valence-corrected chi connectivity index (χ4v) is 4.05. The van der Waals surface area contributed by atoms with E-state index in [2.05, 4.69) is 36.2 Å². The Balaban J connectivity index is 1.38. The lowest BCUT2D eigenvalue weighted by Gasteiger charge is -2.27. The highest BCUT2D eigenvalue weighted by Crippen LogP contribution is 2.30. The van der Waals surface area contributed by atoms with Crippen molar-refractivity contribution in [2.24, 2.45) is 5.92 Å². The van der Waals surface area contributed by atoms with E-state index in [0.717, 1.165) is 56.7 Å². The number of rotatable bonds is 5. The first-order chi connectivity index (χ1) is 12.9. The summed E-state index contributed by atoms with van der Waals surface area (Å²) in [6, 6.07) is 6.31. The largest absolute Gasteiger partial charge is 0.459 e. The van der Waals surface area contributed by atoms with Crippen LogP contribution in [0.2, 0.25) is 0 Å². The second-order valence-corrected chi connectivity index (χ2v) is 8.50. The molecule has 0 radical (unpaired) electrons. The zero-order chi connectivity index (χ0) is 19.0. The number of aliphatic hydroxyl groups is 1. The molecule has 4 rings (SSSR count). The summed E-state index contributed by atoms with van der Waals surface area (Å²) < 4.78 is 6.10. The Hall–Kier alpha value is -1.85. The fourth-order valence-electron chi connectivity index (χ4n) is 4.05. The van der Waals surface area contributed by atoms with E-state index in [0.29, 0.717) is 13.0 Å². The molecule has 5 nitrogen and oxygen atoms in total. The van der Waals surface area contributed by atoms with Gasteiger partial charge in [-0.05, 0) is 70.2 Å². The van der Waals surface area contributed by atoms with Gasteiger partial charge in [0, 0.05) is 24.4 Å². The Kier molecular flexibility index (Phi) is 4.99. The molecule has 1 saturated heterocycles. The molecule has 2 aromatic rings. The molecule has 2 N–H and O–H groups in total. The summed E-state index contributed by atoms with van der Waals surface area (Å²) in [4.78, 5) is 14.2. The lowest BCUT2D eigenvalue weighted by Crippen LogP contribution is -2.44. The average molecular weight is 370 g/mol. The first-order valence-electron chi connectivity index (χ1n) is 10.1. The van der Waals surface area contributed by atoms with Gasteiger partial charge in [-0.15, -0.1) is 0 Å². The molecule has 2 fully saturated rings. The van der Waals surface area contributed by atoms with Crippen LogP contribution in [0.25, 0.3) is 11.0 Å². The predicted molar refractivity (Wildman–Crippen MR) is 105 cm³/mol. The summed E-state index contributed by atoms with van der Waals surface area (Å²) >= 11 is 0. The summed E-state index contributed by atoms with van der Waals surface area (Å²) in [5, 5.41) is 15.1. The number of hydrogen-bond acceptors (Lipinski definition) is 4. The minimum Gasteiger partial charge on any atom is -0.459 e. The van der Waals surface area contributed by atoms with Crippen LogP contribution in [0, 0.1) is 19.8 Å². The van der Waals surface area contributed by atoms with Crippen molar-refractivity contribution >= 4 is 16.9 Å². The highest BCUT2D eigenvalue weighted by atomic mass is 16.3. The third-order valence-corrected chi connectivity index (χ3v) is 6.11. The number of fused-ring (bicyclic) bond motifs is 1. The number of hydrogen-bond donors (Lipinski definition) is 2. The molecule has 2 aliphatic rings. The van der Waals surface area contributed by atoms with Gasteiger partial charge in [-0.1, -0.05) is 11.6 Å². The molecule has 0 spiro atoms. The Morgan fingerprint density at radius 3 is 2.89 bits per heavy atom. The van der Waals surface area contributed by atoms with Crippen molar-refractivity contribution in [1.82, 2.24) is 10.2 Å². The van der Waals surface area contributed by atoms with E-state index >= 15 is 0 Å². The molecule has 27 heavy (non-hydrogen) atoms. The maximum atomic E-state index is 11.9. The van der Waals surface area contributed by atoms with Crippen LogP contribution < -0.4 is 5.32 Å². The highest BCUT2D eigenvalue weighted by Gasteiger charge is 2.34. The SMILES string of the molecule is Cc1ccc2oc(CN3CCCC(O)(CNC(=O)C4CC4)CC3)c(C)c2c1. The molecule has 1 atom stereocenters. The number of benzene rings is 1. The van der Waals surface area contributed by atoms with E-state index in [4.69, 9.17) is 4.42 Å². The van der Waals surface area contributed by atoms with Crippen molar-refractivity contribution in [3.05, 3.63) is 35.1 Å². The Morgan fingerprint density at radius 1 is 1.30 bits per heavy atom. The normalized spacial score (nSPS) is 24.1. The van der Waals surface area contributed by atoms with E-state index < -0.39 is 5.60 Å². The summed E-state index contributed by atoms with van der Waals surface area (Å²) in [7, 11) is 0. The number of likely N-dealkylation sites (tertiary alicyclic amines) is 1. The average Bonchev–Trinajstić information content (AvgIpc) is 3.46. The van der Waals surface area contributed by atoms with Crippen LogP contribution in [0.1, 0.15) is 49.0 Å². The molecule has 1 aromatic carbocycles. The Bertz CT molecular complexity index is 839. The maximum absolute atomic E-state index is 11.9. The van der Waals surface area contributed by atoms with Crippen LogP contribution in [0.3, 0.4) is 0 Å². The molecule has 5 heteroatoms. The van der Waals surface area contributed by atoms with Gasteiger partial charge in [0.15, 0.2) is 0 Å². The summed E-state index contributed by atoms with van der Waals surface area (Å²) in [6.45, 7) is 7.12. The van der Waals surface area contributed by atoms with Gasteiger partial charge in [-0.25, -0.2) is 0 Å². The minimum absolute atomic E-state index is 0.109. The molecule has 1 aromatic heterocycles. The molecule has 0 bridgehead atoms. The third-order valence-electron chi connectivity index (χ3n) is 6.11. The quantitative estimate of drug-likeness (QED) is 0.848. The summed E-state index contributed by atoms with van der Waals surface area (Å²) in [5.41, 5.74) is 2.61. The van der Waals surface area contributed by atoms with Crippen molar-refractivity contribution in [2.45, 2.75) is 58.1 Å². The minimum atomic E-state index is -0.792. The number of aryl methyl sites for hydroxylation is 2. The zero-order valence-electron chi connectivity index (χ0n) is 16.4. The van der Waals surface area contributed by atoms with Crippen molar-refractivity contribution in [3.8, 4) is 0 Å². The van der Waals surface area contributed by atoms with E-state index in [1.54, 1.807) is 0 Å². The number of nitrogens with zero attached hydrogens (tertiary/aromatic N) is 1. The van der Waals surface area contributed by atoms with Gasteiger partial charge in [0.1, 0.15) is 11.3 Å². The van der Waals surface area contributed by atoms with Crippen LogP contribution >= 0.6 is 0 Å². The topological polar surface area (TPSA) is 65.7 Å². The number of furan rings is 1. The molecule has 146 valence electrons. The molecule has 1 amide bonds. The monoisotopic (exact) mass is 370 g/mol.